The van der Waals surface area contributed by atoms with E-state index in [1.165, 1.54) is 29.2 Å². The first-order chi connectivity index (χ1) is 26.8. The van der Waals surface area contributed by atoms with E-state index in [1.54, 1.807) is 36.4 Å². The van der Waals surface area contributed by atoms with Gasteiger partial charge in [0.05, 0.1) is 6.04 Å². The van der Waals surface area contributed by atoms with Gasteiger partial charge in [-0.2, -0.15) is 0 Å². The molecule has 13 heteroatoms. The van der Waals surface area contributed by atoms with Gasteiger partial charge in [-0.3, -0.25) is 19.2 Å². The second-order valence-corrected chi connectivity index (χ2v) is 14.2. The van der Waals surface area contributed by atoms with Crippen LogP contribution in [0.3, 0.4) is 0 Å². The van der Waals surface area contributed by atoms with Gasteiger partial charge in [-0.1, -0.05) is 54.6 Å². The van der Waals surface area contributed by atoms with Crippen molar-refractivity contribution in [2.24, 2.45) is 5.73 Å². The summed E-state index contributed by atoms with van der Waals surface area (Å²) in [6.45, 7) is 4.02. The molecule has 1 aliphatic heterocycles. The number of aliphatic carboxylic acids is 1. The molecule has 0 unspecified atom stereocenters. The number of benzene rings is 4. The Hall–Kier alpha value is -6.08. The third-order valence-corrected chi connectivity index (χ3v) is 10.1. The number of hydrogen-bond acceptors (Lipinski definition) is 7. The fraction of sp³-hybridized carbons (Fsp3) is 0.326. The minimum absolute atomic E-state index is 0.0519. The Labute approximate surface area is 325 Å². The van der Waals surface area contributed by atoms with Gasteiger partial charge in [0, 0.05) is 31.5 Å². The minimum atomic E-state index is -1.28. The van der Waals surface area contributed by atoms with Crippen LogP contribution in [0.4, 0.5) is 4.39 Å². The van der Waals surface area contributed by atoms with E-state index in [0.29, 0.717) is 18.4 Å². The normalized spacial score (nSPS) is 15.1. The number of hydrogen-bond donors (Lipinski definition) is 6. The van der Waals surface area contributed by atoms with Gasteiger partial charge in [0.2, 0.25) is 17.7 Å². The summed E-state index contributed by atoms with van der Waals surface area (Å²) in [6, 6.07) is 20.3. The molecule has 4 amide bonds. The summed E-state index contributed by atoms with van der Waals surface area (Å²) in [7, 11) is 0. The SMILES string of the molecule is Cc1cc(O)cc(C)c1C[C@H](N)C(=O)N1Cc2ccccc2C[C@@H]1C(=O)N[C@@H](Cc1ccccc1)C(=O)N[C@@H](CCCCNC(=O)c1ccc(F)cc1)C(=O)O. The van der Waals surface area contributed by atoms with Crippen LogP contribution >= 0.6 is 0 Å². The average Bonchev–Trinajstić information content (AvgIpc) is 3.17. The molecule has 294 valence electrons. The lowest BCUT2D eigenvalue weighted by molar-refractivity contribution is -0.144. The number of unbranched alkanes of at least 4 members (excludes halogenated alkanes) is 1. The second kappa shape index (κ2) is 19.0. The van der Waals surface area contributed by atoms with E-state index in [0.717, 1.165) is 33.4 Å². The molecule has 7 N–H and O–H groups in total. The zero-order valence-electron chi connectivity index (χ0n) is 31.5. The van der Waals surface area contributed by atoms with E-state index < -0.39 is 53.7 Å². The number of rotatable bonds is 16. The molecule has 0 saturated heterocycles. The molecule has 0 fully saturated rings. The van der Waals surface area contributed by atoms with Crippen molar-refractivity contribution in [2.45, 2.75) is 83.1 Å². The Kier molecular flexibility index (Phi) is 13.9. The third-order valence-electron chi connectivity index (χ3n) is 10.1. The van der Waals surface area contributed by atoms with Gasteiger partial charge >= 0.3 is 5.97 Å². The molecule has 4 atom stereocenters. The van der Waals surface area contributed by atoms with E-state index in [9.17, 15) is 38.6 Å². The van der Waals surface area contributed by atoms with Crippen LogP contribution in [-0.2, 0) is 45.0 Å². The molecule has 1 aliphatic rings. The smallest absolute Gasteiger partial charge is 0.326 e. The molecule has 1 heterocycles. The van der Waals surface area contributed by atoms with Gasteiger partial charge in [-0.15, -0.1) is 0 Å². The van der Waals surface area contributed by atoms with Gasteiger partial charge in [0.25, 0.3) is 5.91 Å². The highest BCUT2D eigenvalue weighted by Gasteiger charge is 2.38. The Morgan fingerprint density at radius 3 is 2.14 bits per heavy atom. The van der Waals surface area contributed by atoms with E-state index in [-0.39, 0.29) is 50.4 Å². The first-order valence-electron chi connectivity index (χ1n) is 18.6. The van der Waals surface area contributed by atoms with Crippen LogP contribution in [0.15, 0.2) is 91.0 Å². The zero-order valence-corrected chi connectivity index (χ0v) is 31.5. The molecule has 56 heavy (non-hydrogen) atoms. The molecule has 5 rings (SSSR count). The van der Waals surface area contributed by atoms with Crippen LogP contribution in [0, 0.1) is 19.7 Å². The number of nitrogens with one attached hydrogen (secondary N) is 3. The molecule has 0 radical (unpaired) electrons. The van der Waals surface area contributed by atoms with Crippen molar-refractivity contribution in [3.63, 3.8) is 0 Å². The molecular formula is C43H48FN5O7. The number of phenols is 1. The molecule has 12 nitrogen and oxygen atoms in total. The summed E-state index contributed by atoms with van der Waals surface area (Å²) in [4.78, 5) is 68.3. The Morgan fingerprint density at radius 1 is 0.839 bits per heavy atom. The maximum absolute atomic E-state index is 14.3. The van der Waals surface area contributed by atoms with Gasteiger partial charge in [-0.25, -0.2) is 9.18 Å². The summed E-state index contributed by atoms with van der Waals surface area (Å²) in [5, 5.41) is 28.2. The minimum Gasteiger partial charge on any atom is -0.508 e. The lowest BCUT2D eigenvalue weighted by Gasteiger charge is -2.38. The highest BCUT2D eigenvalue weighted by molar-refractivity contribution is 5.95. The predicted molar refractivity (Wildman–Crippen MR) is 208 cm³/mol. The summed E-state index contributed by atoms with van der Waals surface area (Å²) in [5.41, 5.74) is 11.7. The maximum Gasteiger partial charge on any atom is 0.326 e. The topological polar surface area (TPSA) is 191 Å². The van der Waals surface area contributed by atoms with E-state index in [4.69, 9.17) is 5.73 Å². The molecule has 4 aromatic rings. The number of fused-ring (bicyclic) bond motifs is 1. The van der Waals surface area contributed by atoms with Crippen molar-refractivity contribution in [1.82, 2.24) is 20.9 Å². The highest BCUT2D eigenvalue weighted by atomic mass is 19.1. The van der Waals surface area contributed by atoms with Crippen LogP contribution in [0.2, 0.25) is 0 Å². The number of nitrogens with two attached hydrogens (primary N) is 1. The lowest BCUT2D eigenvalue weighted by atomic mass is 9.91. The monoisotopic (exact) mass is 765 g/mol. The highest BCUT2D eigenvalue weighted by Crippen LogP contribution is 2.26. The van der Waals surface area contributed by atoms with Crippen LogP contribution in [0.25, 0.3) is 0 Å². The number of carboxylic acids is 1. The van der Waals surface area contributed by atoms with Crippen molar-refractivity contribution in [2.75, 3.05) is 6.54 Å². The molecule has 0 spiro atoms. The average molecular weight is 766 g/mol. The first-order valence-corrected chi connectivity index (χ1v) is 18.6. The number of phenolic OH excluding ortho intramolecular Hbond substituents is 1. The van der Waals surface area contributed by atoms with Gasteiger partial charge in [-0.05, 0) is 109 Å². The van der Waals surface area contributed by atoms with E-state index in [1.807, 2.05) is 44.2 Å². The lowest BCUT2D eigenvalue weighted by Crippen LogP contribution is -2.60. The van der Waals surface area contributed by atoms with Gasteiger partial charge in [0.15, 0.2) is 0 Å². The number of carbonyl (C=O) groups is 5. The standard InChI is InChI=1S/C43H48FN5O7/c1-26-20-33(50)21-27(2)34(26)24-35(45)42(54)49-25-31-13-7-6-12-30(31)23-38(49)41(53)48-37(22-28-10-4-3-5-11-28)40(52)47-36(43(55)56)14-8-9-19-46-39(51)29-15-17-32(44)18-16-29/h3-7,10-13,15-18,20-21,35-38,50H,8-9,14,19,22-25,45H2,1-2H3,(H,46,51)(H,47,52)(H,48,53)(H,55,56)/t35-,36-,37-,38+/m0/s1. The van der Waals surface area contributed by atoms with Gasteiger partial charge < -0.3 is 36.8 Å². The number of aryl methyl sites for hydroxylation is 2. The summed E-state index contributed by atoms with van der Waals surface area (Å²) in [5.74, 6) is -3.73. The van der Waals surface area contributed by atoms with Crippen LogP contribution in [0.1, 0.15) is 63.0 Å². The Bertz CT molecular complexity index is 2020. The predicted octanol–water partition coefficient (Wildman–Crippen LogP) is 3.87. The van der Waals surface area contributed by atoms with E-state index in [2.05, 4.69) is 16.0 Å². The summed E-state index contributed by atoms with van der Waals surface area (Å²) < 4.78 is 13.2. The summed E-state index contributed by atoms with van der Waals surface area (Å²) in [6.07, 6.45) is 1.22. The number of nitrogens with zero attached hydrogens (tertiary/aromatic N) is 1. The molecule has 4 aromatic carbocycles. The van der Waals surface area contributed by atoms with Crippen molar-refractivity contribution in [1.29, 1.82) is 0 Å². The van der Waals surface area contributed by atoms with Crippen LogP contribution in [0.5, 0.6) is 5.75 Å². The van der Waals surface area contributed by atoms with Crippen molar-refractivity contribution in [3.05, 3.63) is 136 Å². The van der Waals surface area contributed by atoms with E-state index >= 15 is 0 Å². The summed E-state index contributed by atoms with van der Waals surface area (Å²) >= 11 is 0. The van der Waals surface area contributed by atoms with Crippen LogP contribution < -0.4 is 21.7 Å². The first kappa shape index (κ1) is 41.1. The van der Waals surface area contributed by atoms with Crippen LogP contribution in [-0.4, -0.2) is 75.4 Å². The number of carbonyl (C=O) groups excluding carboxylic acids is 4. The second-order valence-electron chi connectivity index (χ2n) is 14.2. The van der Waals surface area contributed by atoms with Crippen molar-refractivity contribution >= 4 is 29.6 Å². The number of aromatic hydroxyl groups is 1. The molecular weight excluding hydrogens is 717 g/mol. The van der Waals surface area contributed by atoms with Crippen molar-refractivity contribution < 1.29 is 38.6 Å². The molecule has 0 aliphatic carbocycles. The maximum atomic E-state index is 14.3. The molecule has 0 bridgehead atoms. The quantitative estimate of drug-likeness (QED) is 0.0927. The number of carboxylic acid groups (broad SMARTS) is 1. The fourth-order valence-corrected chi connectivity index (χ4v) is 7.04. The Morgan fingerprint density at radius 2 is 1.48 bits per heavy atom. The van der Waals surface area contributed by atoms with Gasteiger partial charge in [0.1, 0.15) is 29.7 Å². The molecule has 0 aromatic heterocycles. The Balaban J connectivity index is 1.29. The fourth-order valence-electron chi connectivity index (χ4n) is 7.04. The zero-order chi connectivity index (χ0) is 40.4. The number of halogens is 1. The van der Waals surface area contributed by atoms with Crippen molar-refractivity contribution in [3.8, 4) is 5.75 Å². The number of amides is 4. The largest absolute Gasteiger partial charge is 0.508 e. The molecule has 0 saturated carbocycles. The third kappa shape index (κ3) is 10.8.